The van der Waals surface area contributed by atoms with Crippen LogP contribution in [0, 0.1) is 5.92 Å². The fourth-order valence-electron chi connectivity index (χ4n) is 3.76. The summed E-state index contributed by atoms with van der Waals surface area (Å²) in [4.78, 5) is -0.372. The van der Waals surface area contributed by atoms with E-state index >= 15 is 0 Å². The molecule has 2 aromatic rings. The number of fused-ring (bicyclic) bond motifs is 1. The molecule has 2 fully saturated rings. The minimum Gasteiger partial charge on any atom is -0.497 e. The monoisotopic (exact) mass is 344 g/mol. The van der Waals surface area contributed by atoms with Crippen LogP contribution in [0.3, 0.4) is 0 Å². The Labute approximate surface area is 147 Å². The number of hydrogen-bond acceptors (Lipinski definition) is 3. The van der Waals surface area contributed by atoms with Gasteiger partial charge in [-0.15, -0.1) is 11.6 Å². The molecule has 2 aliphatic rings. The molecule has 0 aromatic heterocycles. The van der Waals surface area contributed by atoms with Crippen LogP contribution < -0.4 is 4.74 Å². The molecular weight excluding hydrogens is 324 g/mol. The van der Waals surface area contributed by atoms with Crippen LogP contribution in [-0.4, -0.2) is 25.2 Å². The second-order valence-corrected chi connectivity index (χ2v) is 7.34. The molecule has 4 heteroatoms. The lowest BCUT2D eigenvalue weighted by Gasteiger charge is -2.38. The van der Waals surface area contributed by atoms with E-state index in [9.17, 15) is 0 Å². The van der Waals surface area contributed by atoms with Crippen molar-refractivity contribution >= 4 is 11.6 Å². The Morgan fingerprint density at radius 2 is 1.75 bits per heavy atom. The van der Waals surface area contributed by atoms with Gasteiger partial charge in [-0.2, -0.15) is 0 Å². The van der Waals surface area contributed by atoms with Crippen molar-refractivity contribution in [2.45, 2.75) is 23.5 Å². The number of rotatable bonds is 3. The SMILES string of the molecule is COc1ccc([C@H]2OC[C@@]3(Cl)C[C@H](c4ccccc4)OC[C@@H]23)cc1. The minimum atomic E-state index is -0.372. The van der Waals surface area contributed by atoms with Gasteiger partial charge in [0.15, 0.2) is 0 Å². The van der Waals surface area contributed by atoms with E-state index in [0.717, 1.165) is 17.7 Å². The maximum absolute atomic E-state index is 6.99. The third-order valence-corrected chi connectivity index (χ3v) is 5.69. The maximum atomic E-state index is 6.99. The summed E-state index contributed by atoms with van der Waals surface area (Å²) in [6, 6.07) is 18.3. The minimum absolute atomic E-state index is 0.0230. The van der Waals surface area contributed by atoms with Crippen molar-refractivity contribution in [3.05, 3.63) is 65.7 Å². The molecule has 0 N–H and O–H groups in total. The number of alkyl halides is 1. The van der Waals surface area contributed by atoms with Crippen molar-refractivity contribution in [3.8, 4) is 5.75 Å². The number of benzene rings is 2. The number of hydrogen-bond donors (Lipinski definition) is 0. The van der Waals surface area contributed by atoms with Gasteiger partial charge in [0.05, 0.1) is 37.4 Å². The van der Waals surface area contributed by atoms with Gasteiger partial charge in [0, 0.05) is 5.92 Å². The summed E-state index contributed by atoms with van der Waals surface area (Å²) in [7, 11) is 1.67. The molecule has 126 valence electrons. The van der Waals surface area contributed by atoms with Crippen molar-refractivity contribution in [1.29, 1.82) is 0 Å². The molecule has 2 aliphatic heterocycles. The summed E-state index contributed by atoms with van der Waals surface area (Å²) >= 11 is 6.99. The topological polar surface area (TPSA) is 27.7 Å². The normalized spacial score (nSPS) is 32.3. The third-order valence-electron chi connectivity index (χ3n) is 5.15. The van der Waals surface area contributed by atoms with E-state index in [1.165, 1.54) is 5.56 Å². The van der Waals surface area contributed by atoms with Crippen LogP contribution in [0.2, 0.25) is 0 Å². The van der Waals surface area contributed by atoms with E-state index in [1.807, 2.05) is 30.3 Å². The third kappa shape index (κ3) is 2.81. The van der Waals surface area contributed by atoms with Gasteiger partial charge in [-0.3, -0.25) is 0 Å². The lowest BCUT2D eigenvalue weighted by Crippen LogP contribution is -2.41. The van der Waals surface area contributed by atoms with E-state index in [-0.39, 0.29) is 23.0 Å². The number of halogens is 1. The van der Waals surface area contributed by atoms with Gasteiger partial charge < -0.3 is 14.2 Å². The molecule has 0 aliphatic carbocycles. The highest BCUT2D eigenvalue weighted by Gasteiger charge is 2.53. The molecule has 3 nitrogen and oxygen atoms in total. The van der Waals surface area contributed by atoms with E-state index in [2.05, 4.69) is 24.3 Å². The molecule has 0 spiro atoms. The van der Waals surface area contributed by atoms with Crippen LogP contribution in [0.4, 0.5) is 0 Å². The number of ether oxygens (including phenoxy) is 3. The van der Waals surface area contributed by atoms with E-state index < -0.39 is 0 Å². The van der Waals surface area contributed by atoms with Crippen molar-refractivity contribution in [3.63, 3.8) is 0 Å². The molecule has 2 heterocycles. The van der Waals surface area contributed by atoms with E-state index in [0.29, 0.717) is 13.2 Å². The van der Waals surface area contributed by atoms with Crippen molar-refractivity contribution < 1.29 is 14.2 Å². The smallest absolute Gasteiger partial charge is 0.118 e. The zero-order valence-electron chi connectivity index (χ0n) is 13.7. The van der Waals surface area contributed by atoms with E-state index in [1.54, 1.807) is 7.11 Å². The lowest BCUT2D eigenvalue weighted by molar-refractivity contribution is -0.0380. The molecule has 0 radical (unpaired) electrons. The van der Waals surface area contributed by atoms with Gasteiger partial charge >= 0.3 is 0 Å². The molecule has 4 atom stereocenters. The molecule has 2 aromatic carbocycles. The molecule has 24 heavy (non-hydrogen) atoms. The predicted molar refractivity (Wildman–Crippen MR) is 93.5 cm³/mol. The highest BCUT2D eigenvalue weighted by atomic mass is 35.5. The van der Waals surface area contributed by atoms with Gasteiger partial charge in [0.2, 0.25) is 0 Å². The van der Waals surface area contributed by atoms with Crippen molar-refractivity contribution in [2.75, 3.05) is 20.3 Å². The quantitative estimate of drug-likeness (QED) is 0.766. The maximum Gasteiger partial charge on any atom is 0.118 e. The van der Waals surface area contributed by atoms with Gasteiger partial charge in [0.1, 0.15) is 5.75 Å². The van der Waals surface area contributed by atoms with Gasteiger partial charge in [-0.05, 0) is 29.7 Å². The van der Waals surface area contributed by atoms with Crippen LogP contribution in [0.5, 0.6) is 5.75 Å². The molecule has 0 bridgehead atoms. The summed E-state index contributed by atoms with van der Waals surface area (Å²) in [5, 5.41) is 0. The first kappa shape index (κ1) is 15.9. The van der Waals surface area contributed by atoms with Crippen LogP contribution in [0.15, 0.2) is 54.6 Å². The van der Waals surface area contributed by atoms with Crippen LogP contribution in [0.1, 0.15) is 29.8 Å². The molecular formula is C20H21ClO3. The highest BCUT2D eigenvalue weighted by Crippen LogP contribution is 2.52. The zero-order chi connectivity index (χ0) is 16.6. The lowest BCUT2D eigenvalue weighted by atomic mass is 9.80. The average Bonchev–Trinajstić information content (AvgIpc) is 2.99. The molecule has 0 unspecified atom stereocenters. The first-order valence-electron chi connectivity index (χ1n) is 8.31. The Balaban J connectivity index is 1.53. The Morgan fingerprint density at radius 3 is 2.46 bits per heavy atom. The molecule has 0 amide bonds. The number of methoxy groups -OCH3 is 1. The fraction of sp³-hybridized carbons (Fsp3) is 0.400. The summed E-state index contributed by atoms with van der Waals surface area (Å²) in [5.41, 5.74) is 2.31. The molecule has 2 saturated heterocycles. The average molecular weight is 345 g/mol. The van der Waals surface area contributed by atoms with Crippen molar-refractivity contribution in [1.82, 2.24) is 0 Å². The first-order chi connectivity index (χ1) is 11.7. The second-order valence-electron chi connectivity index (χ2n) is 6.58. The Bertz CT molecular complexity index is 688. The Morgan fingerprint density at radius 1 is 1.00 bits per heavy atom. The van der Waals surface area contributed by atoms with Crippen LogP contribution >= 0.6 is 11.6 Å². The van der Waals surface area contributed by atoms with E-state index in [4.69, 9.17) is 25.8 Å². The fourth-order valence-corrected chi connectivity index (χ4v) is 4.14. The standard InChI is InChI=1S/C20H21ClO3/c1-22-16-9-7-15(8-10-16)19-17-12-23-18(11-20(17,21)13-24-19)14-5-3-2-4-6-14/h2-10,17-19H,11-13H2,1H3/t17-,18+,19+,20-/m0/s1. The Hall–Kier alpha value is -1.55. The predicted octanol–water partition coefficient (Wildman–Crippen LogP) is 4.52. The van der Waals surface area contributed by atoms with Crippen LogP contribution in [0.25, 0.3) is 0 Å². The van der Waals surface area contributed by atoms with Gasteiger partial charge in [-0.25, -0.2) is 0 Å². The zero-order valence-corrected chi connectivity index (χ0v) is 14.4. The Kier molecular flexibility index (Phi) is 4.25. The summed E-state index contributed by atoms with van der Waals surface area (Å²) in [6.45, 7) is 1.17. The highest BCUT2D eigenvalue weighted by molar-refractivity contribution is 6.24. The van der Waals surface area contributed by atoms with Crippen LogP contribution in [-0.2, 0) is 9.47 Å². The van der Waals surface area contributed by atoms with Gasteiger partial charge in [0.25, 0.3) is 0 Å². The molecule has 4 rings (SSSR count). The molecule has 0 saturated carbocycles. The van der Waals surface area contributed by atoms with Crippen molar-refractivity contribution in [2.24, 2.45) is 5.92 Å². The summed E-state index contributed by atoms with van der Waals surface area (Å²) < 4.78 is 17.5. The second kappa shape index (κ2) is 6.40. The first-order valence-corrected chi connectivity index (χ1v) is 8.68. The summed E-state index contributed by atoms with van der Waals surface area (Å²) in [6.07, 6.45) is 0.791. The summed E-state index contributed by atoms with van der Waals surface area (Å²) in [5.74, 6) is 1.01. The largest absolute Gasteiger partial charge is 0.497 e. The van der Waals surface area contributed by atoms with Gasteiger partial charge in [-0.1, -0.05) is 42.5 Å².